The summed E-state index contributed by atoms with van der Waals surface area (Å²) < 4.78 is 5.15. The number of halogens is 1. The lowest BCUT2D eigenvalue weighted by Gasteiger charge is -2.12. The zero-order valence-electron chi connectivity index (χ0n) is 14.5. The minimum Gasteiger partial charge on any atom is -0.497 e. The van der Waals surface area contributed by atoms with E-state index in [2.05, 4.69) is 5.32 Å². The van der Waals surface area contributed by atoms with Gasteiger partial charge in [0.05, 0.1) is 23.5 Å². The van der Waals surface area contributed by atoms with E-state index in [1.165, 1.54) is 0 Å². The van der Waals surface area contributed by atoms with Crippen molar-refractivity contribution in [2.24, 2.45) is 0 Å². The maximum absolute atomic E-state index is 12.7. The van der Waals surface area contributed by atoms with Gasteiger partial charge in [-0.25, -0.2) is 0 Å². The number of ether oxygens (including phenoxy) is 1. The average Bonchev–Trinajstić information content (AvgIpc) is 2.63. The summed E-state index contributed by atoms with van der Waals surface area (Å²) >= 11 is 6.37. The molecule has 0 atom stereocenters. The van der Waals surface area contributed by atoms with Gasteiger partial charge in [-0.3, -0.25) is 4.79 Å². The number of carbonyl (C=O) groups is 1. The second-order valence-corrected chi connectivity index (χ2v) is 6.32. The topological polar surface area (TPSA) is 64.3 Å². The number of aryl methyl sites for hydroxylation is 1. The first-order valence-electron chi connectivity index (χ1n) is 8.10. The molecule has 4 nitrogen and oxygen atoms in total. The molecule has 0 fully saturated rings. The van der Waals surface area contributed by atoms with Gasteiger partial charge in [-0.2, -0.15) is 0 Å². The van der Waals surface area contributed by atoms with Crippen molar-refractivity contribution in [1.82, 2.24) is 0 Å². The molecule has 3 rings (SSSR count). The number of anilines is 3. The van der Waals surface area contributed by atoms with Crippen LogP contribution in [0.2, 0.25) is 5.02 Å². The molecule has 0 aliphatic carbocycles. The van der Waals surface area contributed by atoms with Crippen molar-refractivity contribution in [3.8, 4) is 5.75 Å². The Labute approximate surface area is 157 Å². The lowest BCUT2D eigenvalue weighted by atomic mass is 9.99. The van der Waals surface area contributed by atoms with Gasteiger partial charge in [-0.15, -0.1) is 0 Å². The van der Waals surface area contributed by atoms with Crippen LogP contribution in [0, 0.1) is 6.92 Å². The number of hydrogen-bond acceptors (Lipinski definition) is 4. The third-order valence-corrected chi connectivity index (χ3v) is 4.45. The van der Waals surface area contributed by atoms with Gasteiger partial charge >= 0.3 is 0 Å². The average molecular weight is 367 g/mol. The predicted molar refractivity (Wildman–Crippen MR) is 107 cm³/mol. The van der Waals surface area contributed by atoms with E-state index in [1.807, 2.05) is 37.3 Å². The summed E-state index contributed by atoms with van der Waals surface area (Å²) in [7, 11) is 1.59. The van der Waals surface area contributed by atoms with Crippen molar-refractivity contribution < 1.29 is 9.53 Å². The van der Waals surface area contributed by atoms with Gasteiger partial charge in [-0.1, -0.05) is 35.9 Å². The van der Waals surface area contributed by atoms with E-state index >= 15 is 0 Å². The zero-order valence-corrected chi connectivity index (χ0v) is 15.3. The van der Waals surface area contributed by atoms with Gasteiger partial charge in [0.15, 0.2) is 5.78 Å². The Balaban J connectivity index is 1.86. The molecule has 0 radical (unpaired) electrons. The van der Waals surface area contributed by atoms with Crippen molar-refractivity contribution >= 4 is 34.4 Å². The quantitative estimate of drug-likeness (QED) is 0.480. The summed E-state index contributed by atoms with van der Waals surface area (Å²) in [6.45, 7) is 1.91. The standard InChI is InChI=1S/C21H19ClN2O2/c1-13-5-3-4-6-16(13)21(25)17-9-7-14(11-18(17)22)24-20-10-8-15(26-2)12-19(20)23/h3-12,24H,23H2,1-2H3. The van der Waals surface area contributed by atoms with Gasteiger partial charge in [0.1, 0.15) is 5.75 Å². The van der Waals surface area contributed by atoms with Crippen molar-refractivity contribution in [3.63, 3.8) is 0 Å². The van der Waals surface area contributed by atoms with E-state index in [1.54, 1.807) is 37.4 Å². The molecule has 0 bridgehead atoms. The molecule has 0 aromatic heterocycles. The van der Waals surface area contributed by atoms with E-state index in [9.17, 15) is 4.79 Å². The summed E-state index contributed by atoms with van der Waals surface area (Å²) in [6.07, 6.45) is 0. The summed E-state index contributed by atoms with van der Waals surface area (Å²) in [5, 5.41) is 3.59. The van der Waals surface area contributed by atoms with Crippen LogP contribution >= 0.6 is 11.6 Å². The highest BCUT2D eigenvalue weighted by molar-refractivity contribution is 6.35. The third kappa shape index (κ3) is 3.65. The summed E-state index contributed by atoms with van der Waals surface area (Å²) in [4.78, 5) is 12.7. The summed E-state index contributed by atoms with van der Waals surface area (Å²) in [5.41, 5.74) is 10.1. The minimum absolute atomic E-state index is 0.0939. The van der Waals surface area contributed by atoms with E-state index in [-0.39, 0.29) is 5.78 Å². The van der Waals surface area contributed by atoms with Crippen molar-refractivity contribution in [2.45, 2.75) is 6.92 Å². The third-order valence-electron chi connectivity index (χ3n) is 4.14. The molecule has 5 heteroatoms. The normalized spacial score (nSPS) is 10.4. The van der Waals surface area contributed by atoms with E-state index in [0.717, 1.165) is 16.9 Å². The second-order valence-electron chi connectivity index (χ2n) is 5.92. The van der Waals surface area contributed by atoms with E-state index in [0.29, 0.717) is 27.6 Å². The Bertz CT molecular complexity index is 970. The summed E-state index contributed by atoms with van der Waals surface area (Å²) in [6, 6.07) is 18.1. The fourth-order valence-corrected chi connectivity index (χ4v) is 2.95. The molecular formula is C21H19ClN2O2. The number of ketones is 1. The number of carbonyl (C=O) groups excluding carboxylic acids is 1. The Kier molecular flexibility index (Phi) is 5.14. The molecule has 3 aromatic rings. The molecular weight excluding hydrogens is 348 g/mol. The smallest absolute Gasteiger partial charge is 0.194 e. The van der Waals surface area contributed by atoms with Gasteiger partial charge in [0, 0.05) is 22.9 Å². The molecule has 0 amide bonds. The van der Waals surface area contributed by atoms with Gasteiger partial charge in [0.2, 0.25) is 0 Å². The molecule has 3 aromatic carbocycles. The molecule has 3 N–H and O–H groups in total. The highest BCUT2D eigenvalue weighted by Crippen LogP contribution is 2.30. The lowest BCUT2D eigenvalue weighted by molar-refractivity contribution is 0.103. The molecule has 0 aliphatic rings. The van der Waals surface area contributed by atoms with Crippen LogP contribution < -0.4 is 15.8 Å². The molecule has 0 unspecified atom stereocenters. The second kappa shape index (κ2) is 7.50. The fraction of sp³-hybridized carbons (Fsp3) is 0.0952. The van der Waals surface area contributed by atoms with Crippen LogP contribution in [-0.2, 0) is 0 Å². The van der Waals surface area contributed by atoms with Crippen LogP contribution in [0.15, 0.2) is 60.7 Å². The molecule has 26 heavy (non-hydrogen) atoms. The Hall–Kier alpha value is -2.98. The molecule has 0 spiro atoms. The first kappa shape index (κ1) is 17.8. The zero-order chi connectivity index (χ0) is 18.7. The highest BCUT2D eigenvalue weighted by atomic mass is 35.5. The summed E-state index contributed by atoms with van der Waals surface area (Å²) in [5.74, 6) is 0.592. The monoisotopic (exact) mass is 366 g/mol. The number of benzene rings is 3. The van der Waals surface area contributed by atoms with Gasteiger partial charge in [0.25, 0.3) is 0 Å². The van der Waals surface area contributed by atoms with Crippen LogP contribution in [-0.4, -0.2) is 12.9 Å². The maximum Gasteiger partial charge on any atom is 0.194 e. The number of nitrogens with two attached hydrogens (primary N) is 1. The number of nitrogen functional groups attached to an aromatic ring is 1. The van der Waals surface area contributed by atoms with E-state index in [4.69, 9.17) is 22.1 Å². The van der Waals surface area contributed by atoms with Crippen LogP contribution in [0.1, 0.15) is 21.5 Å². The van der Waals surface area contributed by atoms with Crippen molar-refractivity contribution in [2.75, 3.05) is 18.2 Å². The number of rotatable bonds is 5. The number of nitrogens with one attached hydrogen (secondary N) is 1. The maximum atomic E-state index is 12.7. The van der Waals surface area contributed by atoms with Gasteiger partial charge in [-0.05, 0) is 42.8 Å². The minimum atomic E-state index is -0.0939. The molecule has 0 saturated carbocycles. The van der Waals surface area contributed by atoms with Crippen LogP contribution in [0.25, 0.3) is 0 Å². The largest absolute Gasteiger partial charge is 0.497 e. The Morgan fingerprint density at radius 3 is 2.46 bits per heavy atom. The van der Waals surface area contributed by atoms with Crippen molar-refractivity contribution in [1.29, 1.82) is 0 Å². The van der Waals surface area contributed by atoms with E-state index < -0.39 is 0 Å². The van der Waals surface area contributed by atoms with Gasteiger partial charge < -0.3 is 15.8 Å². The molecule has 0 saturated heterocycles. The molecule has 132 valence electrons. The first-order chi connectivity index (χ1) is 12.5. The lowest BCUT2D eigenvalue weighted by Crippen LogP contribution is -2.05. The molecule has 0 aliphatic heterocycles. The van der Waals surface area contributed by atoms with Crippen LogP contribution in [0.5, 0.6) is 5.75 Å². The van der Waals surface area contributed by atoms with Crippen molar-refractivity contribution in [3.05, 3.63) is 82.4 Å². The predicted octanol–water partition coefficient (Wildman–Crippen LogP) is 5.21. The first-order valence-corrected chi connectivity index (χ1v) is 8.48. The Morgan fingerprint density at radius 2 is 1.81 bits per heavy atom. The molecule has 0 heterocycles. The number of methoxy groups -OCH3 is 1. The Morgan fingerprint density at radius 1 is 1.04 bits per heavy atom. The highest BCUT2D eigenvalue weighted by Gasteiger charge is 2.15. The SMILES string of the molecule is COc1ccc(Nc2ccc(C(=O)c3ccccc3C)c(Cl)c2)c(N)c1. The van der Waals surface area contributed by atoms with Crippen LogP contribution in [0.4, 0.5) is 17.1 Å². The van der Waals surface area contributed by atoms with Crippen LogP contribution in [0.3, 0.4) is 0 Å². The number of hydrogen-bond donors (Lipinski definition) is 2. The fourth-order valence-electron chi connectivity index (χ4n) is 2.69.